The highest BCUT2D eigenvalue weighted by atomic mass is 32.2. The number of anilines is 1. The summed E-state index contributed by atoms with van der Waals surface area (Å²) in [7, 11) is -4.16. The number of nitrogens with one attached hydrogen (secondary N) is 1. The lowest BCUT2D eigenvalue weighted by Crippen LogP contribution is -2.37. The zero-order chi connectivity index (χ0) is 26.1. The number of thiazole rings is 1. The zero-order valence-electron chi connectivity index (χ0n) is 19.3. The Hall–Kier alpha value is -3.52. The summed E-state index contributed by atoms with van der Waals surface area (Å²) in [5, 5.41) is 15.2. The lowest BCUT2D eigenvalue weighted by molar-refractivity contribution is -0.137. The average molecular weight is 539 g/mol. The molecule has 190 valence electrons. The van der Waals surface area contributed by atoms with E-state index in [2.05, 4.69) is 25.6 Å². The van der Waals surface area contributed by atoms with E-state index in [1.54, 1.807) is 50.4 Å². The summed E-state index contributed by atoms with van der Waals surface area (Å²) in [6.45, 7) is 4.79. The Morgan fingerprint density at radius 3 is 2.42 bits per heavy atom. The highest BCUT2D eigenvalue weighted by Gasteiger charge is 2.35. The van der Waals surface area contributed by atoms with Crippen LogP contribution in [0.5, 0.6) is 5.75 Å². The summed E-state index contributed by atoms with van der Waals surface area (Å²) in [5.41, 5.74) is 0.868. The van der Waals surface area contributed by atoms with Crippen LogP contribution in [-0.2, 0) is 22.8 Å². The summed E-state index contributed by atoms with van der Waals surface area (Å²) in [5.74, 6) is 0.162. The molecule has 0 amide bonds. The van der Waals surface area contributed by atoms with Gasteiger partial charge in [0, 0.05) is 22.7 Å². The number of halogens is 3. The fraction of sp³-hybridized carbons (Fsp3) is 0.273. The third-order valence-corrected chi connectivity index (χ3v) is 8.36. The first-order chi connectivity index (χ1) is 17.0. The molecule has 36 heavy (non-hydrogen) atoms. The molecule has 1 N–H and O–H groups in total. The molecule has 4 rings (SSSR count). The first kappa shape index (κ1) is 25.6. The van der Waals surface area contributed by atoms with Gasteiger partial charge in [-0.2, -0.15) is 26.8 Å². The fourth-order valence-electron chi connectivity index (χ4n) is 3.40. The molecule has 0 atom stereocenters. The second-order valence-electron chi connectivity index (χ2n) is 8.05. The number of tetrazole rings is 1. The summed E-state index contributed by atoms with van der Waals surface area (Å²) in [6.07, 6.45) is -4.64. The number of rotatable bonds is 8. The molecular weight excluding hydrogens is 517 g/mol. The van der Waals surface area contributed by atoms with E-state index in [9.17, 15) is 21.6 Å². The van der Waals surface area contributed by atoms with E-state index >= 15 is 0 Å². The fourth-order valence-corrected chi connectivity index (χ4v) is 6.19. The van der Waals surface area contributed by atoms with Crippen molar-refractivity contribution in [2.75, 3.05) is 4.31 Å². The minimum Gasteiger partial charge on any atom is -0.487 e. The van der Waals surface area contributed by atoms with Gasteiger partial charge in [-0.1, -0.05) is 24.3 Å². The topological polar surface area (TPSA) is 114 Å². The van der Waals surface area contributed by atoms with Gasteiger partial charge in [0.25, 0.3) is 10.0 Å². The predicted molar refractivity (Wildman–Crippen MR) is 127 cm³/mol. The lowest BCUT2D eigenvalue weighted by Gasteiger charge is -2.29. The smallest absolute Gasteiger partial charge is 0.416 e. The number of aryl methyl sites for hydroxylation is 1. The van der Waals surface area contributed by atoms with Crippen LogP contribution in [0.25, 0.3) is 11.4 Å². The molecule has 0 fully saturated rings. The van der Waals surface area contributed by atoms with Crippen LogP contribution < -0.4 is 9.04 Å². The molecule has 2 aromatic carbocycles. The molecule has 0 radical (unpaired) electrons. The molecule has 9 nitrogen and oxygen atoms in total. The number of alkyl halides is 3. The SMILES string of the molecule is Cc1csc(S(=O)(=O)N(c2ccc(C(F)(F)F)cc2OCc2ccc(-c3nn[nH]n3)cc2)C(C)C)n1. The van der Waals surface area contributed by atoms with Crippen LogP contribution in [0.1, 0.15) is 30.7 Å². The molecule has 2 aromatic heterocycles. The van der Waals surface area contributed by atoms with Crippen LogP contribution in [-0.4, -0.2) is 40.1 Å². The van der Waals surface area contributed by atoms with Crippen LogP contribution >= 0.6 is 11.3 Å². The first-order valence-electron chi connectivity index (χ1n) is 10.6. The van der Waals surface area contributed by atoms with Crippen molar-refractivity contribution in [3.8, 4) is 17.1 Å². The van der Waals surface area contributed by atoms with Crippen molar-refractivity contribution in [1.29, 1.82) is 0 Å². The summed E-state index contributed by atoms with van der Waals surface area (Å²) >= 11 is 0.942. The van der Waals surface area contributed by atoms with Crippen LogP contribution in [0.15, 0.2) is 52.2 Å². The number of hydrogen-bond acceptors (Lipinski definition) is 8. The van der Waals surface area contributed by atoms with Crippen LogP contribution in [0.3, 0.4) is 0 Å². The first-order valence-corrected chi connectivity index (χ1v) is 12.9. The van der Waals surface area contributed by atoms with Crippen LogP contribution in [0.4, 0.5) is 18.9 Å². The van der Waals surface area contributed by atoms with Crippen molar-refractivity contribution >= 4 is 27.0 Å². The van der Waals surface area contributed by atoms with Crippen molar-refractivity contribution in [3.05, 3.63) is 64.7 Å². The van der Waals surface area contributed by atoms with Gasteiger partial charge >= 0.3 is 6.18 Å². The number of benzene rings is 2. The Morgan fingerprint density at radius 1 is 1.14 bits per heavy atom. The Labute approximate surface area is 209 Å². The number of ether oxygens (including phenoxy) is 1. The van der Waals surface area contributed by atoms with Crippen molar-refractivity contribution in [2.45, 2.75) is 43.9 Å². The largest absolute Gasteiger partial charge is 0.487 e. The quantitative estimate of drug-likeness (QED) is 0.342. The second kappa shape index (κ2) is 9.85. The molecule has 14 heteroatoms. The van der Waals surface area contributed by atoms with Gasteiger partial charge in [0.05, 0.1) is 11.3 Å². The van der Waals surface area contributed by atoms with Crippen molar-refractivity contribution in [1.82, 2.24) is 25.6 Å². The second-order valence-corrected chi connectivity index (χ2v) is 10.9. The Bertz CT molecular complexity index is 1440. The molecule has 0 saturated carbocycles. The summed E-state index contributed by atoms with van der Waals surface area (Å²) < 4.78 is 74.0. The maximum Gasteiger partial charge on any atom is 0.416 e. The van der Waals surface area contributed by atoms with Gasteiger partial charge in [-0.25, -0.2) is 4.98 Å². The number of H-pyrrole nitrogens is 1. The van der Waals surface area contributed by atoms with E-state index in [1.807, 2.05) is 0 Å². The van der Waals surface area contributed by atoms with Crippen molar-refractivity contribution in [3.63, 3.8) is 0 Å². The number of nitrogens with zero attached hydrogens (tertiary/aromatic N) is 5. The normalized spacial score (nSPS) is 12.2. The van der Waals surface area contributed by atoms with E-state index < -0.39 is 27.8 Å². The maximum atomic E-state index is 13.5. The van der Waals surface area contributed by atoms with Gasteiger partial charge in [-0.15, -0.1) is 21.5 Å². The molecule has 0 saturated heterocycles. The summed E-state index contributed by atoms with van der Waals surface area (Å²) in [4.78, 5) is 4.07. The van der Waals surface area contributed by atoms with Gasteiger partial charge in [0.15, 0.2) is 0 Å². The van der Waals surface area contributed by atoms with Gasteiger partial charge in [0.1, 0.15) is 12.4 Å². The van der Waals surface area contributed by atoms with Gasteiger partial charge in [-0.05, 0) is 49.7 Å². The highest BCUT2D eigenvalue weighted by Crippen LogP contribution is 2.40. The van der Waals surface area contributed by atoms with E-state index in [-0.39, 0.29) is 22.4 Å². The number of aromatic amines is 1. The molecular formula is C22H21F3N6O3S2. The molecule has 2 heterocycles. The summed E-state index contributed by atoms with van der Waals surface area (Å²) in [6, 6.07) is 8.95. The van der Waals surface area contributed by atoms with Gasteiger partial charge < -0.3 is 4.74 Å². The van der Waals surface area contributed by atoms with E-state index in [1.165, 1.54) is 0 Å². The molecule has 0 aliphatic heterocycles. The van der Waals surface area contributed by atoms with Crippen molar-refractivity contribution in [2.24, 2.45) is 0 Å². The van der Waals surface area contributed by atoms with Gasteiger partial charge in [0.2, 0.25) is 10.2 Å². The Morgan fingerprint density at radius 2 is 1.86 bits per heavy atom. The number of hydrogen-bond donors (Lipinski definition) is 1. The molecule has 4 aromatic rings. The third kappa shape index (κ3) is 5.33. The molecule has 0 bridgehead atoms. The van der Waals surface area contributed by atoms with E-state index in [0.717, 1.165) is 33.8 Å². The lowest BCUT2D eigenvalue weighted by atomic mass is 10.1. The molecule has 0 spiro atoms. The minimum absolute atomic E-state index is 0.0192. The highest BCUT2D eigenvalue weighted by molar-refractivity contribution is 7.94. The van der Waals surface area contributed by atoms with Gasteiger partial charge in [-0.3, -0.25) is 4.31 Å². The third-order valence-electron chi connectivity index (χ3n) is 5.02. The zero-order valence-corrected chi connectivity index (χ0v) is 20.9. The maximum absolute atomic E-state index is 13.5. The average Bonchev–Trinajstić information content (AvgIpc) is 3.50. The Kier molecular flexibility index (Phi) is 7.00. The van der Waals surface area contributed by atoms with Crippen LogP contribution in [0.2, 0.25) is 0 Å². The minimum atomic E-state index is -4.64. The van der Waals surface area contributed by atoms with Crippen molar-refractivity contribution < 1.29 is 26.3 Å². The molecule has 0 unspecified atom stereocenters. The van der Waals surface area contributed by atoms with E-state index in [0.29, 0.717) is 22.6 Å². The monoisotopic (exact) mass is 538 g/mol. The predicted octanol–water partition coefficient (Wildman–Crippen LogP) is 4.83. The Balaban J connectivity index is 1.70. The molecule has 0 aliphatic rings. The van der Waals surface area contributed by atoms with E-state index in [4.69, 9.17) is 4.74 Å². The standard InChI is InChI=1S/C22H21F3N6O3S2/c1-13(2)31(36(32,33)21-26-14(3)12-35-21)18-9-8-17(22(23,24)25)10-19(18)34-11-15-4-6-16(7-5-15)20-27-29-30-28-20/h4-10,12-13H,11H2,1-3H3,(H,27,28,29,30). The number of aromatic nitrogens is 5. The molecule has 0 aliphatic carbocycles. The van der Waals surface area contributed by atoms with Crippen LogP contribution in [0, 0.1) is 6.92 Å². The number of sulfonamides is 1.